The summed E-state index contributed by atoms with van der Waals surface area (Å²) in [6, 6.07) is 10.5. The molecule has 1 N–H and O–H groups in total. The molecule has 0 radical (unpaired) electrons. The average Bonchev–Trinajstić information content (AvgIpc) is 2.92. The Labute approximate surface area is 136 Å². The van der Waals surface area contributed by atoms with Crippen LogP contribution in [0.4, 0.5) is 0 Å². The van der Waals surface area contributed by atoms with Crippen LogP contribution in [0.3, 0.4) is 0 Å². The fourth-order valence-electron chi connectivity index (χ4n) is 1.46. The Hall–Kier alpha value is -1.33. The lowest BCUT2D eigenvalue weighted by atomic mass is 10.2. The van der Waals surface area contributed by atoms with Gasteiger partial charge < -0.3 is 4.74 Å². The number of hydrogen-bond acceptors (Lipinski definition) is 4. The van der Waals surface area contributed by atoms with Gasteiger partial charge in [-0.1, -0.05) is 11.8 Å². The molecule has 0 saturated carbocycles. The minimum atomic E-state index is -3.49. The third-order valence-electron chi connectivity index (χ3n) is 2.49. The lowest BCUT2D eigenvalue weighted by Crippen LogP contribution is -2.23. The summed E-state index contributed by atoms with van der Waals surface area (Å²) < 4.78 is 32.4. The topological polar surface area (TPSA) is 55.4 Å². The molecule has 0 aliphatic heterocycles. The molecule has 110 valence electrons. The third kappa shape index (κ3) is 4.58. The van der Waals surface area contributed by atoms with Crippen molar-refractivity contribution in [1.29, 1.82) is 0 Å². The maximum Gasteiger partial charge on any atom is 0.250 e. The van der Waals surface area contributed by atoms with Gasteiger partial charge in [-0.3, -0.25) is 0 Å². The molecular weight excluding hydrogens is 374 g/mol. The van der Waals surface area contributed by atoms with Crippen LogP contribution in [0.25, 0.3) is 0 Å². The zero-order valence-electron chi connectivity index (χ0n) is 11.1. The van der Waals surface area contributed by atoms with Gasteiger partial charge in [-0.2, -0.15) is 4.72 Å². The third-order valence-corrected chi connectivity index (χ3v) is 6.00. The molecule has 0 bridgehead atoms. The van der Waals surface area contributed by atoms with Crippen LogP contribution in [-0.2, 0) is 10.0 Å². The van der Waals surface area contributed by atoms with Crippen LogP contribution >= 0.6 is 27.3 Å². The summed E-state index contributed by atoms with van der Waals surface area (Å²) >= 11 is 4.39. The van der Waals surface area contributed by atoms with Crippen LogP contribution < -0.4 is 9.46 Å². The molecule has 0 saturated heterocycles. The quantitative estimate of drug-likeness (QED) is 0.823. The number of sulfonamides is 1. The smallest absolute Gasteiger partial charge is 0.250 e. The Morgan fingerprint density at radius 3 is 2.52 bits per heavy atom. The van der Waals surface area contributed by atoms with Crippen LogP contribution in [0.5, 0.6) is 5.75 Å². The van der Waals surface area contributed by atoms with E-state index in [9.17, 15) is 8.42 Å². The van der Waals surface area contributed by atoms with Gasteiger partial charge in [-0.25, -0.2) is 8.42 Å². The Balaban J connectivity index is 1.96. The molecule has 1 aromatic heterocycles. The lowest BCUT2D eigenvalue weighted by Gasteiger charge is -1.99. The predicted molar refractivity (Wildman–Crippen MR) is 87.1 cm³/mol. The number of hydrogen-bond donors (Lipinski definition) is 1. The van der Waals surface area contributed by atoms with E-state index in [1.165, 1.54) is 0 Å². The van der Waals surface area contributed by atoms with Gasteiger partial charge in [0.2, 0.25) is 0 Å². The van der Waals surface area contributed by atoms with Crippen molar-refractivity contribution in [2.75, 3.05) is 13.7 Å². The minimum Gasteiger partial charge on any atom is -0.497 e. The minimum absolute atomic E-state index is 0.0594. The fraction of sp³-hybridized carbons (Fsp3) is 0.143. The first-order valence-electron chi connectivity index (χ1n) is 5.89. The van der Waals surface area contributed by atoms with Gasteiger partial charge in [-0.05, 0) is 52.3 Å². The first-order valence-corrected chi connectivity index (χ1v) is 8.98. The highest BCUT2D eigenvalue weighted by Gasteiger charge is 2.14. The molecule has 0 atom stereocenters. The summed E-state index contributed by atoms with van der Waals surface area (Å²) in [6.45, 7) is 0.0594. The molecule has 0 unspecified atom stereocenters. The van der Waals surface area contributed by atoms with Crippen LogP contribution in [0.15, 0.2) is 44.4 Å². The predicted octanol–water partition coefficient (Wildman–Crippen LogP) is 2.85. The second-order valence-electron chi connectivity index (χ2n) is 3.91. The van der Waals surface area contributed by atoms with E-state index in [1.54, 1.807) is 31.4 Å². The number of rotatable bonds is 4. The highest BCUT2D eigenvalue weighted by Crippen LogP contribution is 2.25. The molecule has 0 fully saturated rings. The van der Waals surface area contributed by atoms with E-state index < -0.39 is 10.0 Å². The van der Waals surface area contributed by atoms with Crippen molar-refractivity contribution >= 4 is 37.3 Å². The number of nitrogens with one attached hydrogen (secondary N) is 1. The van der Waals surface area contributed by atoms with E-state index >= 15 is 0 Å². The first kappa shape index (κ1) is 16.0. The summed E-state index contributed by atoms with van der Waals surface area (Å²) in [5.74, 6) is 6.42. The highest BCUT2D eigenvalue weighted by molar-refractivity contribution is 9.11. The van der Waals surface area contributed by atoms with Crippen LogP contribution in [0.2, 0.25) is 0 Å². The van der Waals surface area contributed by atoms with Crippen LogP contribution in [0.1, 0.15) is 5.56 Å². The molecule has 1 aromatic carbocycles. The van der Waals surface area contributed by atoms with E-state index in [1.807, 2.05) is 12.1 Å². The number of methoxy groups -OCH3 is 1. The standard InChI is InChI=1S/C14H12BrNO3S2/c1-19-12-6-4-11(5-7-12)3-2-10-16-21(17,18)14-9-8-13(15)20-14/h4-9,16H,10H2,1H3. The van der Waals surface area contributed by atoms with Crippen molar-refractivity contribution in [3.8, 4) is 17.6 Å². The van der Waals surface area contributed by atoms with Crippen molar-refractivity contribution in [3.05, 3.63) is 45.7 Å². The van der Waals surface area contributed by atoms with Crippen molar-refractivity contribution in [2.45, 2.75) is 4.21 Å². The maximum absolute atomic E-state index is 11.9. The molecule has 21 heavy (non-hydrogen) atoms. The summed E-state index contributed by atoms with van der Waals surface area (Å²) in [7, 11) is -1.89. The number of thiophene rings is 1. The van der Waals surface area contributed by atoms with Crippen molar-refractivity contribution in [2.24, 2.45) is 0 Å². The zero-order valence-corrected chi connectivity index (χ0v) is 14.3. The monoisotopic (exact) mass is 385 g/mol. The van der Waals surface area contributed by atoms with E-state index in [-0.39, 0.29) is 10.8 Å². The summed E-state index contributed by atoms with van der Waals surface area (Å²) in [5, 5.41) is 0. The van der Waals surface area contributed by atoms with Crippen LogP contribution in [-0.4, -0.2) is 22.1 Å². The van der Waals surface area contributed by atoms with E-state index in [2.05, 4.69) is 32.5 Å². The normalized spacial score (nSPS) is 10.8. The molecule has 0 aliphatic carbocycles. The van der Waals surface area contributed by atoms with Gasteiger partial charge in [0.1, 0.15) is 9.96 Å². The van der Waals surface area contributed by atoms with Crippen molar-refractivity contribution in [3.63, 3.8) is 0 Å². The molecule has 0 amide bonds. The number of benzene rings is 1. The summed E-state index contributed by atoms with van der Waals surface area (Å²) in [6.07, 6.45) is 0. The molecule has 0 aliphatic rings. The number of halogens is 1. The van der Waals surface area contributed by atoms with Gasteiger partial charge in [-0.15, -0.1) is 11.3 Å². The van der Waals surface area contributed by atoms with E-state index in [0.29, 0.717) is 0 Å². The first-order chi connectivity index (χ1) is 10.0. The zero-order chi connectivity index (χ0) is 15.3. The molecule has 2 aromatic rings. The Kier molecular flexibility index (Phi) is 5.42. The Bertz CT molecular complexity index is 771. The number of ether oxygens (including phenoxy) is 1. The Morgan fingerprint density at radius 1 is 1.24 bits per heavy atom. The van der Waals surface area contributed by atoms with Crippen molar-refractivity contribution < 1.29 is 13.2 Å². The molecule has 1 heterocycles. The fourth-order valence-corrected chi connectivity index (χ4v) is 4.44. The van der Waals surface area contributed by atoms with E-state index in [0.717, 1.165) is 26.4 Å². The van der Waals surface area contributed by atoms with Crippen LogP contribution in [0, 0.1) is 11.8 Å². The molecule has 7 heteroatoms. The summed E-state index contributed by atoms with van der Waals surface area (Å²) in [5.41, 5.74) is 0.800. The van der Waals surface area contributed by atoms with Gasteiger partial charge in [0.25, 0.3) is 10.0 Å². The van der Waals surface area contributed by atoms with Gasteiger partial charge in [0.15, 0.2) is 0 Å². The average molecular weight is 386 g/mol. The van der Waals surface area contributed by atoms with Gasteiger partial charge in [0.05, 0.1) is 17.4 Å². The second kappa shape index (κ2) is 7.09. The molecule has 0 spiro atoms. The van der Waals surface area contributed by atoms with E-state index in [4.69, 9.17) is 4.74 Å². The largest absolute Gasteiger partial charge is 0.497 e. The lowest BCUT2D eigenvalue weighted by molar-refractivity contribution is 0.415. The van der Waals surface area contributed by atoms with Gasteiger partial charge >= 0.3 is 0 Å². The molecule has 4 nitrogen and oxygen atoms in total. The Morgan fingerprint density at radius 2 is 1.95 bits per heavy atom. The highest BCUT2D eigenvalue weighted by atomic mass is 79.9. The second-order valence-corrected chi connectivity index (χ2v) is 8.37. The van der Waals surface area contributed by atoms with Gasteiger partial charge in [0, 0.05) is 5.56 Å². The maximum atomic E-state index is 11.9. The molecular formula is C14H12BrNO3S2. The SMILES string of the molecule is COc1ccc(C#CCNS(=O)(=O)c2ccc(Br)s2)cc1. The molecule has 2 rings (SSSR count). The summed E-state index contributed by atoms with van der Waals surface area (Å²) in [4.78, 5) is 0. The van der Waals surface area contributed by atoms with Crippen molar-refractivity contribution in [1.82, 2.24) is 4.72 Å².